The molecule has 0 spiro atoms. The van der Waals surface area contributed by atoms with Crippen LogP contribution >= 0.6 is 0 Å². The Morgan fingerprint density at radius 3 is 2.14 bits per heavy atom. The second kappa shape index (κ2) is 7.14. The summed E-state index contributed by atoms with van der Waals surface area (Å²) in [5.41, 5.74) is 2.96. The van der Waals surface area contributed by atoms with Gasteiger partial charge >= 0.3 is 0 Å². The van der Waals surface area contributed by atoms with Crippen molar-refractivity contribution in [1.82, 2.24) is 4.90 Å². The van der Waals surface area contributed by atoms with Crippen LogP contribution in [-0.2, 0) is 13.0 Å². The zero-order chi connectivity index (χ0) is 15.2. The third-order valence-electron chi connectivity index (χ3n) is 3.46. The van der Waals surface area contributed by atoms with Crippen molar-refractivity contribution in [2.75, 3.05) is 13.6 Å². The van der Waals surface area contributed by atoms with Crippen LogP contribution in [0.25, 0.3) is 0 Å². The van der Waals surface area contributed by atoms with E-state index in [0.717, 1.165) is 17.5 Å². The number of carbonyl (C=O) groups excluding carboxylic acids is 1. The average Bonchev–Trinajstić information content (AvgIpc) is 2.49. The molecule has 2 aromatic carbocycles. The Labute approximate surface area is 125 Å². The second-order valence-corrected chi connectivity index (χ2v) is 5.27. The van der Waals surface area contributed by atoms with Crippen molar-refractivity contribution < 1.29 is 9.18 Å². The molecular formula is C18H20FNO. The molecule has 2 aromatic rings. The third kappa shape index (κ3) is 4.50. The predicted octanol–water partition coefficient (Wildman–Crippen LogP) is 3.70. The van der Waals surface area contributed by atoms with E-state index in [0.29, 0.717) is 13.1 Å². The van der Waals surface area contributed by atoms with Crippen LogP contribution in [0.4, 0.5) is 4.39 Å². The van der Waals surface area contributed by atoms with Gasteiger partial charge in [0.2, 0.25) is 0 Å². The first-order chi connectivity index (χ1) is 10.1. The second-order valence-electron chi connectivity index (χ2n) is 5.27. The first kappa shape index (κ1) is 15.4. The summed E-state index contributed by atoms with van der Waals surface area (Å²) in [5, 5.41) is 0. The molecule has 2 rings (SSSR count). The molecule has 0 atom stereocenters. The highest BCUT2D eigenvalue weighted by Gasteiger charge is 2.09. The lowest BCUT2D eigenvalue weighted by molar-refractivity contribution is 0.0943. The molecule has 0 aliphatic carbocycles. The number of ketones is 1. The van der Waals surface area contributed by atoms with Gasteiger partial charge in [0.05, 0.1) is 6.54 Å². The largest absolute Gasteiger partial charge is 0.295 e. The van der Waals surface area contributed by atoms with Crippen LogP contribution < -0.4 is 0 Å². The Morgan fingerprint density at radius 2 is 1.57 bits per heavy atom. The van der Waals surface area contributed by atoms with E-state index in [2.05, 4.69) is 6.92 Å². The van der Waals surface area contributed by atoms with Gasteiger partial charge in [0.25, 0.3) is 0 Å². The summed E-state index contributed by atoms with van der Waals surface area (Å²) in [5.74, 6) is -0.143. The standard InChI is InChI=1S/C18H20FNO/c1-3-14-4-8-16(9-5-14)18(21)13-20(2)12-15-6-10-17(19)11-7-15/h4-11H,3,12-13H2,1-2H3. The van der Waals surface area contributed by atoms with Gasteiger partial charge in [-0.1, -0.05) is 43.3 Å². The van der Waals surface area contributed by atoms with E-state index in [1.807, 2.05) is 36.2 Å². The van der Waals surface area contributed by atoms with Gasteiger partial charge in [-0.2, -0.15) is 0 Å². The molecule has 0 fully saturated rings. The van der Waals surface area contributed by atoms with Crippen LogP contribution in [0.5, 0.6) is 0 Å². The summed E-state index contributed by atoms with van der Waals surface area (Å²) in [6.07, 6.45) is 0.971. The minimum absolute atomic E-state index is 0.0993. The van der Waals surface area contributed by atoms with Crippen LogP contribution in [0, 0.1) is 5.82 Å². The van der Waals surface area contributed by atoms with Crippen molar-refractivity contribution in [2.45, 2.75) is 19.9 Å². The molecule has 0 amide bonds. The van der Waals surface area contributed by atoms with Crippen molar-refractivity contribution in [3.63, 3.8) is 0 Å². The molecule has 0 saturated heterocycles. The molecule has 0 aliphatic heterocycles. The molecule has 0 aliphatic rings. The van der Waals surface area contributed by atoms with Crippen LogP contribution in [0.15, 0.2) is 48.5 Å². The highest BCUT2D eigenvalue weighted by Crippen LogP contribution is 2.09. The summed E-state index contributed by atoms with van der Waals surface area (Å²) in [6, 6.07) is 14.1. The fourth-order valence-electron chi connectivity index (χ4n) is 2.22. The number of nitrogens with zero attached hydrogens (tertiary/aromatic N) is 1. The number of hydrogen-bond acceptors (Lipinski definition) is 2. The van der Waals surface area contributed by atoms with Crippen molar-refractivity contribution in [1.29, 1.82) is 0 Å². The summed E-state index contributed by atoms with van der Waals surface area (Å²) in [4.78, 5) is 14.1. The van der Waals surface area contributed by atoms with Crippen molar-refractivity contribution >= 4 is 5.78 Å². The molecule has 0 heterocycles. The lowest BCUT2D eigenvalue weighted by Crippen LogP contribution is -2.25. The van der Waals surface area contributed by atoms with Crippen molar-refractivity contribution in [2.24, 2.45) is 0 Å². The van der Waals surface area contributed by atoms with Gasteiger partial charge in [0.15, 0.2) is 5.78 Å². The fourth-order valence-corrected chi connectivity index (χ4v) is 2.22. The van der Waals surface area contributed by atoms with Gasteiger partial charge in [-0.25, -0.2) is 4.39 Å². The minimum Gasteiger partial charge on any atom is -0.295 e. The Balaban J connectivity index is 1.93. The SMILES string of the molecule is CCc1ccc(C(=O)CN(C)Cc2ccc(F)cc2)cc1. The van der Waals surface area contributed by atoms with E-state index in [1.54, 1.807) is 12.1 Å². The van der Waals surface area contributed by atoms with Crippen molar-refractivity contribution in [3.05, 3.63) is 71.0 Å². The molecule has 3 heteroatoms. The minimum atomic E-state index is -0.242. The van der Waals surface area contributed by atoms with Crippen LogP contribution in [-0.4, -0.2) is 24.3 Å². The smallest absolute Gasteiger partial charge is 0.176 e. The summed E-state index contributed by atoms with van der Waals surface area (Å²) < 4.78 is 12.8. The van der Waals surface area contributed by atoms with Crippen molar-refractivity contribution in [3.8, 4) is 0 Å². The molecule has 0 radical (unpaired) electrons. The van der Waals surface area contributed by atoms with Gasteiger partial charge in [0.1, 0.15) is 5.82 Å². The van der Waals surface area contributed by atoms with E-state index in [-0.39, 0.29) is 11.6 Å². The summed E-state index contributed by atoms with van der Waals surface area (Å²) in [6.45, 7) is 3.06. The summed E-state index contributed by atoms with van der Waals surface area (Å²) in [7, 11) is 1.89. The number of Topliss-reactive ketones (excluding diaryl/α,β-unsaturated/α-hetero) is 1. The highest BCUT2D eigenvalue weighted by atomic mass is 19.1. The van der Waals surface area contributed by atoms with E-state index in [1.165, 1.54) is 17.7 Å². The molecule has 0 N–H and O–H groups in total. The Kier molecular flexibility index (Phi) is 5.23. The molecule has 0 saturated carbocycles. The maximum absolute atomic E-state index is 12.8. The average molecular weight is 285 g/mol. The van der Waals surface area contributed by atoms with Crippen LogP contribution in [0.1, 0.15) is 28.4 Å². The number of likely N-dealkylation sites (N-methyl/N-ethyl adjacent to an activating group) is 1. The van der Waals surface area contributed by atoms with Gasteiger partial charge in [-0.15, -0.1) is 0 Å². The summed E-state index contributed by atoms with van der Waals surface area (Å²) >= 11 is 0. The predicted molar refractivity (Wildman–Crippen MR) is 82.9 cm³/mol. The number of carbonyl (C=O) groups is 1. The van der Waals surface area contributed by atoms with Crippen LogP contribution in [0.3, 0.4) is 0 Å². The maximum atomic E-state index is 12.8. The highest BCUT2D eigenvalue weighted by molar-refractivity contribution is 5.97. The number of benzene rings is 2. The van der Waals surface area contributed by atoms with Gasteiger partial charge < -0.3 is 0 Å². The Hall–Kier alpha value is -2.00. The number of halogens is 1. The number of rotatable bonds is 6. The molecule has 21 heavy (non-hydrogen) atoms. The monoisotopic (exact) mass is 285 g/mol. The Morgan fingerprint density at radius 1 is 1.00 bits per heavy atom. The molecule has 0 aromatic heterocycles. The number of aryl methyl sites for hydroxylation is 1. The molecular weight excluding hydrogens is 265 g/mol. The fraction of sp³-hybridized carbons (Fsp3) is 0.278. The zero-order valence-electron chi connectivity index (χ0n) is 12.5. The van der Waals surface area contributed by atoms with Gasteiger partial charge in [-0.05, 0) is 36.7 Å². The first-order valence-electron chi connectivity index (χ1n) is 7.13. The Bertz CT molecular complexity index is 590. The van der Waals surface area contributed by atoms with E-state index >= 15 is 0 Å². The number of hydrogen-bond donors (Lipinski definition) is 0. The van der Waals surface area contributed by atoms with Gasteiger partial charge in [-0.3, -0.25) is 9.69 Å². The third-order valence-corrected chi connectivity index (χ3v) is 3.46. The zero-order valence-corrected chi connectivity index (χ0v) is 12.5. The van der Waals surface area contributed by atoms with Crippen LogP contribution in [0.2, 0.25) is 0 Å². The van der Waals surface area contributed by atoms with E-state index in [4.69, 9.17) is 0 Å². The molecule has 0 bridgehead atoms. The lowest BCUT2D eigenvalue weighted by Gasteiger charge is -2.16. The first-order valence-corrected chi connectivity index (χ1v) is 7.13. The van der Waals surface area contributed by atoms with E-state index in [9.17, 15) is 9.18 Å². The molecule has 0 unspecified atom stereocenters. The topological polar surface area (TPSA) is 20.3 Å². The normalized spacial score (nSPS) is 10.9. The lowest BCUT2D eigenvalue weighted by atomic mass is 10.1. The maximum Gasteiger partial charge on any atom is 0.176 e. The quantitative estimate of drug-likeness (QED) is 0.754. The molecule has 110 valence electrons. The molecule has 2 nitrogen and oxygen atoms in total. The van der Waals surface area contributed by atoms with Gasteiger partial charge in [0, 0.05) is 12.1 Å². The van der Waals surface area contributed by atoms with E-state index < -0.39 is 0 Å².